The fourth-order valence-electron chi connectivity index (χ4n) is 3.25. The van der Waals surface area contributed by atoms with Crippen LogP contribution in [0.4, 0.5) is 11.4 Å². The lowest BCUT2D eigenvalue weighted by molar-refractivity contribution is -0.384. The topological polar surface area (TPSA) is 119 Å². The Morgan fingerprint density at radius 3 is 2.39 bits per heavy atom. The van der Waals surface area contributed by atoms with E-state index in [4.69, 9.17) is 0 Å². The van der Waals surface area contributed by atoms with Crippen molar-refractivity contribution in [1.82, 2.24) is 9.78 Å². The molecule has 0 amide bonds. The average Bonchev–Trinajstić information content (AvgIpc) is 3.03. The number of hydrogen-bond donors (Lipinski definition) is 1. The van der Waals surface area contributed by atoms with Gasteiger partial charge in [-0.3, -0.25) is 19.1 Å². The molecule has 0 fully saturated rings. The van der Waals surface area contributed by atoms with Gasteiger partial charge in [0.2, 0.25) is 0 Å². The molecule has 0 aliphatic heterocycles. The second-order valence-electron chi connectivity index (χ2n) is 7.39. The highest BCUT2D eigenvalue weighted by Gasteiger charge is 2.28. The van der Waals surface area contributed by atoms with Gasteiger partial charge in [-0.1, -0.05) is 23.8 Å². The smallest absolute Gasteiger partial charge is 0.271 e. The predicted octanol–water partition coefficient (Wildman–Crippen LogP) is 2.97. The summed E-state index contributed by atoms with van der Waals surface area (Å²) in [5.74, 6) is 0. The minimum atomic E-state index is -4.08. The highest BCUT2D eigenvalue weighted by atomic mass is 32.2. The van der Waals surface area contributed by atoms with Crippen molar-refractivity contribution < 1.29 is 18.4 Å². The molecule has 1 heterocycles. The van der Waals surface area contributed by atoms with E-state index in [-0.39, 0.29) is 29.4 Å². The van der Waals surface area contributed by atoms with E-state index >= 15 is 0 Å². The van der Waals surface area contributed by atoms with E-state index in [9.17, 15) is 23.6 Å². The summed E-state index contributed by atoms with van der Waals surface area (Å²) in [4.78, 5) is 10.7. The molecule has 2 aromatic carbocycles. The summed E-state index contributed by atoms with van der Waals surface area (Å²) >= 11 is 0. The first-order valence-electron chi connectivity index (χ1n) is 9.61. The molecule has 0 saturated carbocycles. The third-order valence-corrected chi connectivity index (χ3v) is 6.61. The fourth-order valence-corrected chi connectivity index (χ4v) is 4.74. The number of aryl methyl sites for hydroxylation is 3. The second-order valence-corrected chi connectivity index (χ2v) is 9.25. The van der Waals surface area contributed by atoms with Crippen LogP contribution in [0.2, 0.25) is 0 Å². The lowest BCUT2D eigenvalue weighted by Crippen LogP contribution is -2.39. The quantitative estimate of drug-likeness (QED) is 0.421. The number of nitrogens with zero attached hydrogens (tertiary/aromatic N) is 4. The van der Waals surface area contributed by atoms with Gasteiger partial charge >= 0.3 is 0 Å². The van der Waals surface area contributed by atoms with Crippen molar-refractivity contribution in [2.24, 2.45) is 0 Å². The zero-order chi connectivity index (χ0) is 22.8. The van der Waals surface area contributed by atoms with Crippen molar-refractivity contribution in [2.75, 3.05) is 10.8 Å². The molecule has 0 aliphatic carbocycles. The molecule has 164 valence electrons. The number of hydrogen-bond acceptors (Lipinski definition) is 6. The van der Waals surface area contributed by atoms with Crippen LogP contribution in [0.15, 0.2) is 59.5 Å². The van der Waals surface area contributed by atoms with Gasteiger partial charge in [0.05, 0.1) is 40.4 Å². The Bertz CT molecular complexity index is 1190. The van der Waals surface area contributed by atoms with Crippen LogP contribution in [0.3, 0.4) is 0 Å². The van der Waals surface area contributed by atoms with Crippen molar-refractivity contribution in [3.05, 3.63) is 81.7 Å². The summed E-state index contributed by atoms with van der Waals surface area (Å²) in [6.07, 6.45) is -1.10. The Morgan fingerprint density at radius 1 is 1.13 bits per heavy atom. The molecule has 1 aromatic heterocycles. The van der Waals surface area contributed by atoms with Crippen LogP contribution in [-0.4, -0.2) is 40.9 Å². The first kappa shape index (κ1) is 22.4. The van der Waals surface area contributed by atoms with Crippen LogP contribution in [0.5, 0.6) is 0 Å². The van der Waals surface area contributed by atoms with Gasteiger partial charge in [-0.25, -0.2) is 8.42 Å². The normalized spacial score (nSPS) is 12.5. The molecule has 31 heavy (non-hydrogen) atoms. The molecule has 0 unspecified atom stereocenters. The van der Waals surface area contributed by atoms with Gasteiger partial charge in [0, 0.05) is 17.8 Å². The van der Waals surface area contributed by atoms with Crippen molar-refractivity contribution in [3.63, 3.8) is 0 Å². The minimum Gasteiger partial charge on any atom is -0.389 e. The van der Waals surface area contributed by atoms with Gasteiger partial charge in [0.25, 0.3) is 15.7 Å². The number of aliphatic hydroxyl groups is 1. The molecule has 0 aliphatic rings. The SMILES string of the molecule is Cc1ccc(S(=O)(=O)N(C[C@@H](O)Cn2nc(C)cc2C)c2cccc([N+](=O)[O-])c2)cc1. The summed E-state index contributed by atoms with van der Waals surface area (Å²) in [5, 5.41) is 26.2. The van der Waals surface area contributed by atoms with E-state index < -0.39 is 21.1 Å². The molecule has 0 bridgehead atoms. The van der Waals surface area contributed by atoms with E-state index in [1.165, 1.54) is 36.4 Å². The van der Waals surface area contributed by atoms with Crippen molar-refractivity contribution in [3.8, 4) is 0 Å². The van der Waals surface area contributed by atoms with Crippen molar-refractivity contribution in [2.45, 2.75) is 38.3 Å². The number of aliphatic hydroxyl groups excluding tert-OH is 1. The van der Waals surface area contributed by atoms with Crippen LogP contribution >= 0.6 is 0 Å². The molecule has 3 aromatic rings. The molecule has 0 radical (unpaired) electrons. The number of sulfonamides is 1. The first-order valence-corrected chi connectivity index (χ1v) is 11.0. The number of rotatable bonds is 8. The van der Waals surface area contributed by atoms with Crippen LogP contribution in [-0.2, 0) is 16.6 Å². The zero-order valence-electron chi connectivity index (χ0n) is 17.5. The molecule has 3 rings (SSSR count). The third kappa shape index (κ3) is 5.09. The molecule has 1 atom stereocenters. The van der Waals surface area contributed by atoms with E-state index in [1.54, 1.807) is 16.8 Å². The van der Waals surface area contributed by atoms with Crippen LogP contribution in [0.25, 0.3) is 0 Å². The Labute approximate surface area is 180 Å². The van der Waals surface area contributed by atoms with Crippen molar-refractivity contribution >= 4 is 21.4 Å². The van der Waals surface area contributed by atoms with Crippen LogP contribution < -0.4 is 4.31 Å². The first-order chi connectivity index (χ1) is 14.6. The van der Waals surface area contributed by atoms with Gasteiger partial charge in [-0.15, -0.1) is 0 Å². The highest BCUT2D eigenvalue weighted by molar-refractivity contribution is 7.92. The van der Waals surface area contributed by atoms with Gasteiger partial charge in [0.15, 0.2) is 0 Å². The van der Waals surface area contributed by atoms with Gasteiger partial charge in [0.1, 0.15) is 0 Å². The highest BCUT2D eigenvalue weighted by Crippen LogP contribution is 2.27. The molecule has 0 saturated heterocycles. The molecule has 9 nitrogen and oxygen atoms in total. The van der Waals surface area contributed by atoms with E-state index in [0.29, 0.717) is 0 Å². The van der Waals surface area contributed by atoms with Crippen LogP contribution in [0.1, 0.15) is 17.0 Å². The second kappa shape index (κ2) is 8.86. The van der Waals surface area contributed by atoms with E-state index in [0.717, 1.165) is 21.3 Å². The number of nitro benzene ring substituents is 1. The Hall–Kier alpha value is -3.24. The number of anilines is 1. The molecule has 0 spiro atoms. The minimum absolute atomic E-state index is 0.0305. The maximum Gasteiger partial charge on any atom is 0.271 e. The Balaban J connectivity index is 1.99. The molecule has 1 N–H and O–H groups in total. The van der Waals surface area contributed by atoms with Crippen molar-refractivity contribution in [1.29, 1.82) is 0 Å². The molecular formula is C21H24N4O5S. The van der Waals surface area contributed by atoms with E-state index in [2.05, 4.69) is 5.10 Å². The Morgan fingerprint density at radius 2 is 1.81 bits per heavy atom. The fraction of sp³-hybridized carbons (Fsp3) is 0.286. The third-order valence-electron chi connectivity index (χ3n) is 4.80. The number of non-ortho nitro benzene ring substituents is 1. The monoisotopic (exact) mass is 444 g/mol. The number of nitro groups is 1. The lowest BCUT2D eigenvalue weighted by Gasteiger charge is -2.27. The van der Waals surface area contributed by atoms with Gasteiger partial charge < -0.3 is 5.11 Å². The van der Waals surface area contributed by atoms with E-state index in [1.807, 2.05) is 26.8 Å². The van der Waals surface area contributed by atoms with Gasteiger partial charge in [-0.05, 0) is 45.0 Å². The summed E-state index contributed by atoms with van der Waals surface area (Å²) in [5.41, 5.74) is 2.37. The van der Waals surface area contributed by atoms with Crippen LogP contribution in [0, 0.1) is 30.9 Å². The summed E-state index contributed by atoms with van der Waals surface area (Å²) < 4.78 is 29.4. The standard InChI is InChI=1S/C21H24N4O5S/c1-15-7-9-21(10-8-15)31(29,30)24(18-5-4-6-19(12-18)25(27)28)14-20(26)13-23-17(3)11-16(2)22-23/h4-12,20,26H,13-14H2,1-3H3/t20-/m0/s1. The largest absolute Gasteiger partial charge is 0.389 e. The maximum atomic E-state index is 13.4. The number of aromatic nitrogens is 2. The lowest BCUT2D eigenvalue weighted by atomic mass is 10.2. The zero-order valence-corrected chi connectivity index (χ0v) is 18.3. The molecular weight excluding hydrogens is 420 g/mol. The van der Waals surface area contributed by atoms with Gasteiger partial charge in [-0.2, -0.15) is 5.10 Å². The summed E-state index contributed by atoms with van der Waals surface area (Å²) in [7, 11) is -4.08. The number of benzene rings is 2. The average molecular weight is 445 g/mol. The maximum absolute atomic E-state index is 13.4. The molecule has 10 heteroatoms. The summed E-state index contributed by atoms with van der Waals surface area (Å²) in [6, 6.07) is 13.5. The predicted molar refractivity (Wildman–Crippen MR) is 117 cm³/mol. The Kier molecular flexibility index (Phi) is 6.42. The summed E-state index contributed by atoms with van der Waals surface area (Å²) in [6.45, 7) is 5.29.